The van der Waals surface area contributed by atoms with Gasteiger partial charge in [0.15, 0.2) is 0 Å². The molecule has 0 saturated carbocycles. The normalized spacial score (nSPS) is 18.4. The second-order valence-corrected chi connectivity index (χ2v) is 7.30. The topological polar surface area (TPSA) is 63.4 Å². The van der Waals surface area contributed by atoms with Gasteiger partial charge >= 0.3 is 0 Å². The molecule has 1 unspecified atom stereocenters. The summed E-state index contributed by atoms with van der Waals surface area (Å²) < 4.78 is 27.2. The Morgan fingerprint density at radius 3 is 2.52 bits per heavy atom. The van der Waals surface area contributed by atoms with Crippen LogP contribution in [-0.2, 0) is 16.4 Å². The summed E-state index contributed by atoms with van der Waals surface area (Å²) in [5.74, 6) is 0. The molecular weight excluding hydrogens is 308 g/mol. The molecule has 0 aromatic heterocycles. The van der Waals surface area contributed by atoms with Crippen molar-refractivity contribution in [3.63, 3.8) is 0 Å². The molecule has 110 valence electrons. The number of anilines is 1. The van der Waals surface area contributed by atoms with Crippen LogP contribution in [0.25, 0.3) is 0 Å². The zero-order valence-corrected chi connectivity index (χ0v) is 12.8. The van der Waals surface area contributed by atoms with E-state index in [4.69, 9.17) is 17.3 Å². The van der Waals surface area contributed by atoms with Gasteiger partial charge in [-0.3, -0.25) is 4.31 Å². The molecule has 0 aliphatic carbocycles. The first kappa shape index (κ1) is 14.4. The second-order valence-electron chi connectivity index (χ2n) is 5.06. The van der Waals surface area contributed by atoms with Gasteiger partial charge < -0.3 is 5.73 Å². The monoisotopic (exact) mass is 322 g/mol. The molecule has 0 amide bonds. The first-order valence-electron chi connectivity index (χ1n) is 6.61. The SMILES string of the molecule is NC1Cc2ccccc2N(S(=O)(=O)c2ccccc2Cl)C1. The fourth-order valence-electron chi connectivity index (χ4n) is 2.59. The van der Waals surface area contributed by atoms with Gasteiger partial charge in [0.1, 0.15) is 4.90 Å². The Balaban J connectivity index is 2.14. The molecule has 0 radical (unpaired) electrons. The van der Waals surface area contributed by atoms with E-state index in [1.165, 1.54) is 10.4 Å². The number of halogens is 1. The van der Waals surface area contributed by atoms with Crippen molar-refractivity contribution in [2.75, 3.05) is 10.8 Å². The lowest BCUT2D eigenvalue weighted by Gasteiger charge is -2.33. The van der Waals surface area contributed by atoms with Gasteiger partial charge in [-0.05, 0) is 30.2 Å². The van der Waals surface area contributed by atoms with Gasteiger partial charge in [0.2, 0.25) is 0 Å². The van der Waals surface area contributed by atoms with E-state index in [-0.39, 0.29) is 22.5 Å². The van der Waals surface area contributed by atoms with Gasteiger partial charge in [0.25, 0.3) is 10.0 Å². The number of nitrogens with two attached hydrogens (primary N) is 1. The van der Waals surface area contributed by atoms with Crippen LogP contribution in [0, 0.1) is 0 Å². The highest BCUT2D eigenvalue weighted by molar-refractivity contribution is 7.93. The van der Waals surface area contributed by atoms with Gasteiger partial charge in [-0.25, -0.2) is 8.42 Å². The molecule has 4 nitrogen and oxygen atoms in total. The smallest absolute Gasteiger partial charge is 0.265 e. The van der Waals surface area contributed by atoms with Crippen molar-refractivity contribution >= 4 is 27.3 Å². The third-order valence-electron chi connectivity index (χ3n) is 3.55. The van der Waals surface area contributed by atoms with Gasteiger partial charge in [0.05, 0.1) is 10.7 Å². The van der Waals surface area contributed by atoms with Crippen molar-refractivity contribution in [3.05, 3.63) is 59.1 Å². The Morgan fingerprint density at radius 1 is 1.10 bits per heavy atom. The van der Waals surface area contributed by atoms with Crippen LogP contribution in [-0.4, -0.2) is 21.0 Å². The summed E-state index contributed by atoms with van der Waals surface area (Å²) in [6, 6.07) is 13.6. The van der Waals surface area contributed by atoms with Crippen LogP contribution in [0.3, 0.4) is 0 Å². The number of fused-ring (bicyclic) bond motifs is 1. The molecule has 0 bridgehead atoms. The van der Waals surface area contributed by atoms with Crippen molar-refractivity contribution in [1.29, 1.82) is 0 Å². The van der Waals surface area contributed by atoms with E-state index < -0.39 is 10.0 Å². The van der Waals surface area contributed by atoms with Crippen molar-refractivity contribution in [1.82, 2.24) is 0 Å². The minimum atomic E-state index is -3.72. The van der Waals surface area contributed by atoms with Crippen molar-refractivity contribution in [3.8, 4) is 0 Å². The van der Waals surface area contributed by atoms with E-state index in [2.05, 4.69) is 0 Å². The van der Waals surface area contributed by atoms with Gasteiger partial charge in [-0.2, -0.15) is 0 Å². The van der Waals surface area contributed by atoms with Crippen LogP contribution in [0.5, 0.6) is 0 Å². The number of para-hydroxylation sites is 1. The lowest BCUT2D eigenvalue weighted by Crippen LogP contribution is -2.46. The summed E-state index contributed by atoms with van der Waals surface area (Å²) in [5, 5.41) is 0.217. The minimum Gasteiger partial charge on any atom is -0.326 e. The first-order valence-corrected chi connectivity index (χ1v) is 8.42. The zero-order valence-electron chi connectivity index (χ0n) is 11.2. The van der Waals surface area contributed by atoms with Gasteiger partial charge in [-0.1, -0.05) is 41.9 Å². The standard InChI is InChI=1S/C15H15ClN2O2S/c16-13-6-2-4-8-15(13)21(19,20)18-10-12(17)9-11-5-1-3-7-14(11)18/h1-8,12H,9-10,17H2. The minimum absolute atomic E-state index is 0.107. The predicted molar refractivity (Wildman–Crippen MR) is 84.1 cm³/mol. The van der Waals surface area contributed by atoms with Crippen molar-refractivity contribution in [2.24, 2.45) is 5.73 Å². The summed E-state index contributed by atoms with van der Waals surface area (Å²) in [4.78, 5) is 0.107. The molecule has 2 N–H and O–H groups in total. The summed E-state index contributed by atoms with van der Waals surface area (Å²) in [6.45, 7) is 0.255. The van der Waals surface area contributed by atoms with E-state index >= 15 is 0 Å². The summed E-state index contributed by atoms with van der Waals surface area (Å²) >= 11 is 6.05. The lowest BCUT2D eigenvalue weighted by atomic mass is 10.0. The number of hydrogen-bond acceptors (Lipinski definition) is 3. The first-order chi connectivity index (χ1) is 10.00. The fourth-order valence-corrected chi connectivity index (χ4v) is 4.64. The van der Waals surface area contributed by atoms with E-state index in [9.17, 15) is 8.42 Å². The van der Waals surface area contributed by atoms with Crippen LogP contribution in [0.4, 0.5) is 5.69 Å². The second kappa shape index (κ2) is 5.33. The van der Waals surface area contributed by atoms with Crippen LogP contribution in [0.15, 0.2) is 53.4 Å². The quantitative estimate of drug-likeness (QED) is 0.923. The van der Waals surface area contributed by atoms with E-state index in [0.29, 0.717) is 12.1 Å². The summed E-state index contributed by atoms with van der Waals surface area (Å²) in [6.07, 6.45) is 0.671. The summed E-state index contributed by atoms with van der Waals surface area (Å²) in [5.41, 5.74) is 7.63. The van der Waals surface area contributed by atoms with E-state index in [1.807, 2.05) is 18.2 Å². The molecule has 6 heteroatoms. The van der Waals surface area contributed by atoms with Gasteiger partial charge in [-0.15, -0.1) is 0 Å². The molecule has 2 aromatic rings. The lowest BCUT2D eigenvalue weighted by molar-refractivity contribution is 0.575. The van der Waals surface area contributed by atoms with Crippen LogP contribution >= 0.6 is 11.6 Å². The average molecular weight is 323 g/mol. The molecule has 3 rings (SSSR count). The van der Waals surface area contributed by atoms with Crippen LogP contribution in [0.1, 0.15) is 5.56 Å². The number of rotatable bonds is 2. The maximum Gasteiger partial charge on any atom is 0.265 e. The number of nitrogens with zero attached hydrogens (tertiary/aromatic N) is 1. The predicted octanol–water partition coefficient (Wildman–Crippen LogP) is 2.42. The van der Waals surface area contributed by atoms with E-state index in [1.54, 1.807) is 24.3 Å². The Hall–Kier alpha value is -1.56. The number of sulfonamides is 1. The maximum atomic E-state index is 12.9. The molecule has 1 atom stereocenters. The van der Waals surface area contributed by atoms with Crippen molar-refractivity contribution < 1.29 is 8.42 Å². The molecule has 2 aromatic carbocycles. The van der Waals surface area contributed by atoms with E-state index in [0.717, 1.165) is 5.56 Å². The number of benzene rings is 2. The Morgan fingerprint density at radius 2 is 1.76 bits per heavy atom. The molecule has 1 aliphatic heterocycles. The molecule has 0 fully saturated rings. The highest BCUT2D eigenvalue weighted by Gasteiger charge is 2.32. The molecule has 1 aliphatic rings. The largest absolute Gasteiger partial charge is 0.326 e. The Labute approximate surface area is 129 Å². The molecule has 0 spiro atoms. The highest BCUT2D eigenvalue weighted by Crippen LogP contribution is 2.33. The van der Waals surface area contributed by atoms with Gasteiger partial charge in [0, 0.05) is 12.6 Å². The summed E-state index contributed by atoms with van der Waals surface area (Å²) in [7, 11) is -3.72. The zero-order chi connectivity index (χ0) is 15.0. The third-order valence-corrected chi connectivity index (χ3v) is 5.83. The average Bonchev–Trinajstić information content (AvgIpc) is 2.46. The Kier molecular flexibility index (Phi) is 3.65. The highest BCUT2D eigenvalue weighted by atomic mass is 35.5. The maximum absolute atomic E-state index is 12.9. The molecule has 0 saturated heterocycles. The third kappa shape index (κ3) is 2.52. The molecule has 21 heavy (non-hydrogen) atoms. The molecular formula is C15H15ClN2O2S. The van der Waals surface area contributed by atoms with Crippen LogP contribution < -0.4 is 10.0 Å². The Bertz CT molecular complexity index is 777. The fraction of sp³-hybridized carbons (Fsp3) is 0.200. The number of hydrogen-bond donors (Lipinski definition) is 1. The van der Waals surface area contributed by atoms with Crippen LogP contribution in [0.2, 0.25) is 5.02 Å². The molecule has 1 heterocycles. The van der Waals surface area contributed by atoms with Crippen molar-refractivity contribution in [2.45, 2.75) is 17.4 Å².